The fourth-order valence-corrected chi connectivity index (χ4v) is 1.76. The maximum Gasteiger partial charge on any atom is 0.320 e. The lowest BCUT2D eigenvalue weighted by Gasteiger charge is -2.21. The maximum atomic E-state index is 11.0. The van der Waals surface area contributed by atoms with E-state index in [1.807, 2.05) is 0 Å². The van der Waals surface area contributed by atoms with Crippen molar-refractivity contribution in [2.24, 2.45) is 11.8 Å². The van der Waals surface area contributed by atoms with E-state index in [0.29, 0.717) is 24.3 Å². The minimum Gasteiger partial charge on any atom is -0.480 e. The van der Waals surface area contributed by atoms with Gasteiger partial charge < -0.3 is 10.4 Å². The van der Waals surface area contributed by atoms with Crippen molar-refractivity contribution in [3.63, 3.8) is 0 Å². The van der Waals surface area contributed by atoms with Gasteiger partial charge in [0.15, 0.2) is 0 Å². The number of carboxylic acids is 1. The van der Waals surface area contributed by atoms with Crippen molar-refractivity contribution in [1.82, 2.24) is 5.32 Å². The van der Waals surface area contributed by atoms with Gasteiger partial charge in [-0.2, -0.15) is 0 Å². The highest BCUT2D eigenvalue weighted by Crippen LogP contribution is 2.32. The highest BCUT2D eigenvalue weighted by atomic mass is 16.4. The van der Waals surface area contributed by atoms with Crippen LogP contribution in [0.1, 0.15) is 40.0 Å². The standard InChI is InChI=1S/C11H21NO2/c1-7(2)6-10(11(13)14)12-8(3)9-4-5-9/h7-10,12H,4-6H2,1-3H3,(H,13,14). The molecule has 0 aromatic heterocycles. The third kappa shape index (κ3) is 3.66. The van der Waals surface area contributed by atoms with Crippen LogP contribution >= 0.6 is 0 Å². The van der Waals surface area contributed by atoms with Gasteiger partial charge in [-0.25, -0.2) is 0 Å². The lowest BCUT2D eigenvalue weighted by Crippen LogP contribution is -2.43. The molecular formula is C11H21NO2. The molecule has 3 nitrogen and oxygen atoms in total. The second-order valence-electron chi connectivity index (χ2n) is 4.81. The van der Waals surface area contributed by atoms with E-state index in [0.717, 1.165) is 0 Å². The Balaban J connectivity index is 2.37. The molecule has 0 amide bonds. The summed E-state index contributed by atoms with van der Waals surface area (Å²) in [6.45, 7) is 6.20. The SMILES string of the molecule is CC(C)CC(NC(C)C1CC1)C(=O)O. The molecular weight excluding hydrogens is 178 g/mol. The van der Waals surface area contributed by atoms with Crippen molar-refractivity contribution in [3.8, 4) is 0 Å². The molecule has 0 bridgehead atoms. The summed E-state index contributed by atoms with van der Waals surface area (Å²) in [7, 11) is 0. The molecule has 0 saturated heterocycles. The number of aliphatic carboxylic acids is 1. The van der Waals surface area contributed by atoms with Crippen molar-refractivity contribution in [2.45, 2.75) is 52.1 Å². The van der Waals surface area contributed by atoms with Crippen molar-refractivity contribution in [3.05, 3.63) is 0 Å². The van der Waals surface area contributed by atoms with Crippen LogP contribution in [0.4, 0.5) is 0 Å². The highest BCUT2D eigenvalue weighted by molar-refractivity contribution is 5.73. The van der Waals surface area contributed by atoms with Crippen LogP contribution in [-0.2, 0) is 4.79 Å². The molecule has 1 fully saturated rings. The average Bonchev–Trinajstić information content (AvgIpc) is 2.83. The van der Waals surface area contributed by atoms with E-state index in [2.05, 4.69) is 26.1 Å². The van der Waals surface area contributed by atoms with Gasteiger partial charge in [-0.3, -0.25) is 4.79 Å². The Hall–Kier alpha value is -0.570. The molecule has 3 heteroatoms. The highest BCUT2D eigenvalue weighted by Gasteiger charge is 2.31. The van der Waals surface area contributed by atoms with Gasteiger partial charge in [-0.15, -0.1) is 0 Å². The molecule has 82 valence electrons. The molecule has 0 heterocycles. The molecule has 1 aliphatic carbocycles. The van der Waals surface area contributed by atoms with Crippen LogP contribution in [0.3, 0.4) is 0 Å². The normalized spacial score (nSPS) is 20.9. The minimum absolute atomic E-state index is 0.356. The molecule has 14 heavy (non-hydrogen) atoms. The Morgan fingerprint density at radius 1 is 1.43 bits per heavy atom. The minimum atomic E-state index is -0.716. The summed E-state index contributed by atoms with van der Waals surface area (Å²) < 4.78 is 0. The quantitative estimate of drug-likeness (QED) is 0.686. The summed E-state index contributed by atoms with van der Waals surface area (Å²) in [5.74, 6) is 0.421. The number of rotatable bonds is 6. The van der Waals surface area contributed by atoms with Crippen LogP contribution in [0.2, 0.25) is 0 Å². The third-order valence-electron chi connectivity index (χ3n) is 2.80. The second kappa shape index (κ2) is 4.78. The van der Waals surface area contributed by atoms with Gasteiger partial charge in [-0.05, 0) is 38.0 Å². The molecule has 2 atom stereocenters. The van der Waals surface area contributed by atoms with Gasteiger partial charge in [0.1, 0.15) is 6.04 Å². The zero-order valence-corrected chi connectivity index (χ0v) is 9.29. The molecule has 1 saturated carbocycles. The monoisotopic (exact) mass is 199 g/mol. The Morgan fingerprint density at radius 3 is 2.36 bits per heavy atom. The van der Waals surface area contributed by atoms with E-state index in [1.54, 1.807) is 0 Å². The predicted octanol–water partition coefficient (Wildman–Crippen LogP) is 1.87. The molecule has 2 unspecified atom stereocenters. The summed E-state index contributed by atoms with van der Waals surface area (Å²) in [5, 5.41) is 12.2. The van der Waals surface area contributed by atoms with Crippen molar-refractivity contribution >= 4 is 5.97 Å². The van der Waals surface area contributed by atoms with Gasteiger partial charge in [0.25, 0.3) is 0 Å². The maximum absolute atomic E-state index is 11.0. The summed E-state index contributed by atoms with van der Waals surface area (Å²) in [6, 6.07) is -0.0135. The van der Waals surface area contributed by atoms with Crippen LogP contribution in [-0.4, -0.2) is 23.2 Å². The number of hydrogen-bond acceptors (Lipinski definition) is 2. The van der Waals surface area contributed by atoms with Crippen LogP contribution in [0.15, 0.2) is 0 Å². The first kappa shape index (κ1) is 11.5. The van der Waals surface area contributed by atoms with Crippen molar-refractivity contribution in [1.29, 1.82) is 0 Å². The smallest absolute Gasteiger partial charge is 0.320 e. The Bertz CT molecular complexity index is 199. The number of hydrogen-bond donors (Lipinski definition) is 2. The second-order valence-corrected chi connectivity index (χ2v) is 4.81. The predicted molar refractivity (Wildman–Crippen MR) is 56.2 cm³/mol. The van der Waals surface area contributed by atoms with E-state index in [4.69, 9.17) is 5.11 Å². The molecule has 1 rings (SSSR count). The summed E-state index contributed by atoms with van der Waals surface area (Å²) >= 11 is 0. The van der Waals surface area contributed by atoms with E-state index >= 15 is 0 Å². The fraction of sp³-hybridized carbons (Fsp3) is 0.909. The molecule has 0 aromatic carbocycles. The Morgan fingerprint density at radius 2 is 2.00 bits per heavy atom. The zero-order chi connectivity index (χ0) is 10.7. The number of carboxylic acid groups (broad SMARTS) is 1. The van der Waals surface area contributed by atoms with E-state index < -0.39 is 5.97 Å². The van der Waals surface area contributed by atoms with E-state index in [-0.39, 0.29) is 6.04 Å². The van der Waals surface area contributed by atoms with E-state index in [9.17, 15) is 4.79 Å². The van der Waals surface area contributed by atoms with Gasteiger partial charge in [0, 0.05) is 6.04 Å². The summed E-state index contributed by atoms with van der Waals surface area (Å²) in [4.78, 5) is 11.0. The first-order chi connectivity index (χ1) is 6.50. The number of carbonyl (C=O) groups is 1. The topological polar surface area (TPSA) is 49.3 Å². The molecule has 0 spiro atoms. The first-order valence-electron chi connectivity index (χ1n) is 5.49. The van der Waals surface area contributed by atoms with E-state index in [1.165, 1.54) is 12.8 Å². The van der Waals surface area contributed by atoms with Crippen molar-refractivity contribution in [2.75, 3.05) is 0 Å². The van der Waals surface area contributed by atoms with Gasteiger partial charge in [0.05, 0.1) is 0 Å². The van der Waals surface area contributed by atoms with Crippen LogP contribution in [0, 0.1) is 11.8 Å². The fourth-order valence-electron chi connectivity index (χ4n) is 1.76. The van der Waals surface area contributed by atoms with Crippen molar-refractivity contribution < 1.29 is 9.90 Å². The molecule has 0 aliphatic heterocycles. The van der Waals surface area contributed by atoms with Gasteiger partial charge >= 0.3 is 5.97 Å². The number of nitrogens with one attached hydrogen (secondary N) is 1. The molecule has 0 aromatic rings. The average molecular weight is 199 g/mol. The molecule has 1 aliphatic rings. The molecule has 0 radical (unpaired) electrons. The summed E-state index contributed by atoms with van der Waals surface area (Å²) in [6.07, 6.45) is 3.22. The van der Waals surface area contributed by atoms with Crippen LogP contribution in [0.25, 0.3) is 0 Å². The Kier molecular flexibility index (Phi) is 3.93. The lowest BCUT2D eigenvalue weighted by atomic mass is 10.0. The molecule has 2 N–H and O–H groups in total. The van der Waals surface area contributed by atoms with Crippen LogP contribution in [0.5, 0.6) is 0 Å². The zero-order valence-electron chi connectivity index (χ0n) is 9.29. The Labute approximate surface area is 85.9 Å². The lowest BCUT2D eigenvalue weighted by molar-refractivity contribution is -0.140. The van der Waals surface area contributed by atoms with Gasteiger partial charge in [0.2, 0.25) is 0 Å². The first-order valence-corrected chi connectivity index (χ1v) is 5.49. The van der Waals surface area contributed by atoms with Crippen LogP contribution < -0.4 is 5.32 Å². The third-order valence-corrected chi connectivity index (χ3v) is 2.80. The van der Waals surface area contributed by atoms with Gasteiger partial charge in [-0.1, -0.05) is 13.8 Å². The summed E-state index contributed by atoms with van der Waals surface area (Å²) in [5.41, 5.74) is 0. The largest absolute Gasteiger partial charge is 0.480 e.